The summed E-state index contributed by atoms with van der Waals surface area (Å²) in [7, 11) is 0. The normalized spacial score (nSPS) is 12.1. The van der Waals surface area contributed by atoms with Crippen LogP contribution in [0.25, 0.3) is 22.1 Å². The maximum Gasteiger partial charge on any atom is 0.274 e. The number of rotatable bonds is 4. The van der Waals surface area contributed by atoms with Crippen molar-refractivity contribution < 1.29 is 14.8 Å². The van der Waals surface area contributed by atoms with Gasteiger partial charge in [-0.25, -0.2) is 9.38 Å². The van der Waals surface area contributed by atoms with E-state index >= 15 is 0 Å². The first-order chi connectivity index (χ1) is 13.0. The highest BCUT2D eigenvalue weighted by Gasteiger charge is 2.14. The number of benzene rings is 2. The molecule has 0 radical (unpaired) electrons. The van der Waals surface area contributed by atoms with Crippen LogP contribution in [0.15, 0.2) is 41.2 Å². The summed E-state index contributed by atoms with van der Waals surface area (Å²) in [6, 6.07) is 9.83. The maximum atomic E-state index is 12.8. The lowest BCUT2D eigenvalue weighted by molar-refractivity contribution is -0.398. The highest BCUT2D eigenvalue weighted by molar-refractivity contribution is 7.15. The molecule has 2 aromatic heterocycles. The zero-order chi connectivity index (χ0) is 19.1. The van der Waals surface area contributed by atoms with E-state index in [9.17, 15) is 20.0 Å². The van der Waals surface area contributed by atoms with Gasteiger partial charge in [0.15, 0.2) is 4.96 Å². The van der Waals surface area contributed by atoms with E-state index in [1.54, 1.807) is 13.0 Å². The van der Waals surface area contributed by atoms with Gasteiger partial charge in [0.25, 0.3) is 11.2 Å². The first-order valence-corrected chi connectivity index (χ1v) is 8.85. The third-order valence-corrected chi connectivity index (χ3v) is 4.97. The Bertz CT molecular complexity index is 1310. The average molecular weight is 382 g/mol. The fourth-order valence-corrected chi connectivity index (χ4v) is 3.84. The highest BCUT2D eigenvalue weighted by atomic mass is 32.1. The molecular formula is C18H12N3O5S-. The fourth-order valence-electron chi connectivity index (χ4n) is 2.85. The minimum absolute atomic E-state index is 0.114. The summed E-state index contributed by atoms with van der Waals surface area (Å²) in [5.41, 5.74) is 0.902. The quantitative estimate of drug-likeness (QED) is 0.393. The second-order valence-corrected chi connectivity index (χ2v) is 6.70. The number of hydrogen-bond donors (Lipinski definition) is 0. The van der Waals surface area contributed by atoms with Crippen LogP contribution in [0.5, 0.6) is 11.5 Å². The molecular weight excluding hydrogens is 370 g/mol. The number of nitro benzene ring substituents is 1. The van der Waals surface area contributed by atoms with Crippen molar-refractivity contribution in [2.24, 2.45) is 0 Å². The molecule has 0 N–H and O–H groups in total. The van der Waals surface area contributed by atoms with E-state index in [1.165, 1.54) is 27.9 Å². The number of ether oxygens (including phenoxy) is 1. The molecule has 0 saturated carbocycles. The molecule has 4 rings (SSSR count). The fraction of sp³-hybridized carbons (Fsp3) is 0.111. The van der Waals surface area contributed by atoms with E-state index in [1.807, 2.05) is 18.2 Å². The van der Waals surface area contributed by atoms with Crippen LogP contribution in [-0.2, 0) is 0 Å². The van der Waals surface area contributed by atoms with Gasteiger partial charge in [-0.05, 0) is 36.8 Å². The molecule has 0 aliphatic rings. The number of fused-ring (bicyclic) bond motifs is 3. The molecule has 0 aliphatic heterocycles. The topological polar surface area (TPSA) is 110 Å². The predicted molar refractivity (Wildman–Crippen MR) is 99.3 cm³/mol. The first kappa shape index (κ1) is 17.0. The van der Waals surface area contributed by atoms with Gasteiger partial charge in [0.1, 0.15) is 5.75 Å². The van der Waals surface area contributed by atoms with Gasteiger partial charge in [0.2, 0.25) is 0 Å². The first-order valence-electron chi connectivity index (χ1n) is 8.03. The van der Waals surface area contributed by atoms with Crippen molar-refractivity contribution in [3.05, 3.63) is 67.0 Å². The van der Waals surface area contributed by atoms with Crippen LogP contribution in [0, 0.1) is 10.1 Å². The molecule has 9 heteroatoms. The molecule has 0 aliphatic carbocycles. The van der Waals surface area contributed by atoms with Gasteiger partial charge in [-0.1, -0.05) is 23.5 Å². The molecule has 0 fully saturated rings. The van der Waals surface area contributed by atoms with Crippen molar-refractivity contribution >= 4 is 39.1 Å². The lowest BCUT2D eigenvalue weighted by Gasteiger charge is -2.14. The van der Waals surface area contributed by atoms with Gasteiger partial charge < -0.3 is 9.84 Å². The summed E-state index contributed by atoms with van der Waals surface area (Å²) >= 11 is 1.18. The number of imidazole rings is 1. The zero-order valence-electron chi connectivity index (χ0n) is 14.0. The summed E-state index contributed by atoms with van der Waals surface area (Å²) in [5.74, 6) is -0.898. The molecule has 0 bridgehead atoms. The monoisotopic (exact) mass is 382 g/mol. The SMILES string of the molecule is CCOc1cc(/C=c2/sc3nc4ccccc4n3c2=O)cc([N+](=O)[O-])c1[O-]. The average Bonchev–Trinajstić information content (AvgIpc) is 3.14. The number of hydrogen-bond acceptors (Lipinski definition) is 7. The van der Waals surface area contributed by atoms with E-state index in [2.05, 4.69) is 4.98 Å². The standard InChI is InChI=1S/C18H13N3O5S/c1-2-26-14-8-10(7-13(16(14)22)21(24)25)9-15-17(23)20-12-6-4-3-5-11(12)19-18(20)27-15/h3-9,22H,2H2,1H3/p-1/b15-9+. The molecule has 0 saturated heterocycles. The van der Waals surface area contributed by atoms with Gasteiger partial charge >= 0.3 is 0 Å². The summed E-state index contributed by atoms with van der Waals surface area (Å²) in [4.78, 5) is 28.1. The van der Waals surface area contributed by atoms with Gasteiger partial charge in [-0.15, -0.1) is 0 Å². The van der Waals surface area contributed by atoms with Crippen molar-refractivity contribution in [1.29, 1.82) is 0 Å². The van der Waals surface area contributed by atoms with Crippen molar-refractivity contribution in [2.75, 3.05) is 6.61 Å². The third-order valence-electron chi connectivity index (χ3n) is 4.00. The molecule has 0 spiro atoms. The number of nitrogens with zero attached hydrogens (tertiary/aromatic N) is 3. The number of thiazole rings is 1. The molecule has 2 aromatic carbocycles. The Balaban J connectivity index is 1.94. The van der Waals surface area contributed by atoms with Crippen molar-refractivity contribution in [1.82, 2.24) is 9.38 Å². The van der Waals surface area contributed by atoms with E-state index < -0.39 is 16.4 Å². The highest BCUT2D eigenvalue weighted by Crippen LogP contribution is 2.35. The van der Waals surface area contributed by atoms with Crippen LogP contribution in [0.4, 0.5) is 5.69 Å². The summed E-state index contributed by atoms with van der Waals surface area (Å²) < 4.78 is 7.07. The summed E-state index contributed by atoms with van der Waals surface area (Å²) in [6.45, 7) is 1.87. The third kappa shape index (κ3) is 2.77. The smallest absolute Gasteiger partial charge is 0.274 e. The van der Waals surface area contributed by atoms with E-state index in [-0.39, 0.29) is 17.9 Å². The number of nitro groups is 1. The van der Waals surface area contributed by atoms with Gasteiger partial charge in [0, 0.05) is 11.8 Å². The van der Waals surface area contributed by atoms with Crippen LogP contribution in [0.2, 0.25) is 0 Å². The molecule has 0 atom stereocenters. The second kappa shape index (κ2) is 6.36. The van der Waals surface area contributed by atoms with Crippen LogP contribution < -0.4 is 19.9 Å². The molecule has 4 aromatic rings. The summed E-state index contributed by atoms with van der Waals surface area (Å²) in [5, 5.41) is 23.2. The van der Waals surface area contributed by atoms with E-state index in [4.69, 9.17) is 4.74 Å². The second-order valence-electron chi connectivity index (χ2n) is 5.69. The predicted octanol–water partition coefficient (Wildman–Crippen LogP) is 1.84. The molecule has 8 nitrogen and oxygen atoms in total. The minimum Gasteiger partial charge on any atom is -0.865 e. The zero-order valence-corrected chi connectivity index (χ0v) is 14.9. The lowest BCUT2D eigenvalue weighted by Crippen LogP contribution is -2.22. The van der Waals surface area contributed by atoms with Gasteiger partial charge in [0.05, 0.1) is 27.1 Å². The van der Waals surface area contributed by atoms with Crippen molar-refractivity contribution in [2.45, 2.75) is 6.92 Å². The Labute approximate surface area is 155 Å². The number of para-hydroxylation sites is 2. The Morgan fingerprint density at radius 2 is 2.11 bits per heavy atom. The van der Waals surface area contributed by atoms with Crippen LogP contribution >= 0.6 is 11.3 Å². The Morgan fingerprint density at radius 3 is 2.85 bits per heavy atom. The Kier molecular flexibility index (Phi) is 4.00. The van der Waals surface area contributed by atoms with Crippen molar-refractivity contribution in [3.8, 4) is 11.5 Å². The van der Waals surface area contributed by atoms with Crippen LogP contribution in [0.1, 0.15) is 12.5 Å². The van der Waals surface area contributed by atoms with Gasteiger partial charge in [-0.2, -0.15) is 0 Å². The van der Waals surface area contributed by atoms with E-state index in [0.717, 1.165) is 11.6 Å². The minimum atomic E-state index is -0.784. The summed E-state index contributed by atoms with van der Waals surface area (Å²) in [6.07, 6.45) is 1.51. The van der Waals surface area contributed by atoms with Crippen LogP contribution in [0.3, 0.4) is 0 Å². The van der Waals surface area contributed by atoms with Crippen molar-refractivity contribution in [3.63, 3.8) is 0 Å². The molecule has 27 heavy (non-hydrogen) atoms. The lowest BCUT2D eigenvalue weighted by atomic mass is 10.1. The Morgan fingerprint density at radius 1 is 1.33 bits per heavy atom. The Hall–Kier alpha value is -3.46. The molecule has 0 amide bonds. The van der Waals surface area contributed by atoms with Gasteiger partial charge in [-0.3, -0.25) is 14.9 Å². The van der Waals surface area contributed by atoms with Crippen LogP contribution in [-0.4, -0.2) is 20.9 Å². The molecule has 136 valence electrons. The number of aromatic nitrogens is 2. The van der Waals surface area contributed by atoms with E-state index in [0.29, 0.717) is 20.6 Å². The molecule has 0 unspecified atom stereocenters. The molecule has 2 heterocycles. The maximum absolute atomic E-state index is 12.8. The largest absolute Gasteiger partial charge is 0.865 e.